The zero-order chi connectivity index (χ0) is 27.7. The van der Waals surface area contributed by atoms with Crippen molar-refractivity contribution in [1.82, 2.24) is 19.9 Å². The van der Waals surface area contributed by atoms with E-state index in [1.54, 1.807) is 12.3 Å². The summed E-state index contributed by atoms with van der Waals surface area (Å²) in [5, 5.41) is 3.63. The zero-order valence-electron chi connectivity index (χ0n) is 21.3. The van der Waals surface area contributed by atoms with Gasteiger partial charge in [-0.1, -0.05) is 48.5 Å². The van der Waals surface area contributed by atoms with Gasteiger partial charge in [0.15, 0.2) is 11.6 Å². The van der Waals surface area contributed by atoms with Crippen molar-refractivity contribution in [3.05, 3.63) is 119 Å². The molecule has 4 aromatic heterocycles. The van der Waals surface area contributed by atoms with Crippen molar-refractivity contribution in [2.75, 3.05) is 0 Å². The van der Waals surface area contributed by atoms with E-state index in [0.717, 1.165) is 65.6 Å². The van der Waals surface area contributed by atoms with Crippen molar-refractivity contribution in [2.45, 2.75) is 0 Å². The third kappa shape index (κ3) is 3.69. The Hall–Kier alpha value is -4.88. The number of nitrogens with zero attached hydrogens (tertiary/aromatic N) is 2. The van der Waals surface area contributed by atoms with Gasteiger partial charge in [0, 0.05) is 49.5 Å². The lowest BCUT2D eigenvalue weighted by Gasteiger charge is -2.14. The molecule has 0 unspecified atom stereocenters. The third-order valence-electron chi connectivity index (χ3n) is 7.68. The van der Waals surface area contributed by atoms with Crippen LogP contribution in [0.5, 0.6) is 0 Å². The van der Waals surface area contributed by atoms with Crippen LogP contribution >= 0.6 is 15.9 Å². The van der Waals surface area contributed by atoms with E-state index in [2.05, 4.69) is 50.2 Å². The summed E-state index contributed by atoms with van der Waals surface area (Å²) in [6.45, 7) is 0. The molecule has 0 saturated heterocycles. The van der Waals surface area contributed by atoms with Gasteiger partial charge in [-0.3, -0.25) is 0 Å². The Morgan fingerprint density at radius 3 is 1.71 bits per heavy atom. The molecule has 0 radical (unpaired) electrons. The molecular weight excluding hydrogens is 582 g/mol. The second-order valence-corrected chi connectivity index (χ2v) is 10.8. The summed E-state index contributed by atoms with van der Waals surface area (Å²) in [4.78, 5) is 16.3. The smallest absolute Gasteiger partial charge is 0.182 e. The van der Waals surface area contributed by atoms with Crippen molar-refractivity contribution in [2.24, 2.45) is 0 Å². The number of rotatable bonds is 3. The van der Waals surface area contributed by atoms with Crippen LogP contribution < -0.4 is 0 Å². The molecule has 7 heteroatoms. The maximum absolute atomic E-state index is 14.6. The number of pyridine rings is 2. The molecule has 0 bridgehead atoms. The number of aromatic amines is 2. The summed E-state index contributed by atoms with van der Waals surface area (Å²) >= 11 is 3.65. The molecule has 4 heterocycles. The summed E-state index contributed by atoms with van der Waals surface area (Å²) in [7, 11) is 0. The van der Waals surface area contributed by atoms with E-state index in [1.807, 2.05) is 60.8 Å². The summed E-state index contributed by atoms with van der Waals surface area (Å²) in [6, 6.07) is 29.1. The lowest BCUT2D eigenvalue weighted by atomic mass is 9.94. The van der Waals surface area contributed by atoms with Gasteiger partial charge < -0.3 is 9.97 Å². The molecule has 2 N–H and O–H groups in total. The summed E-state index contributed by atoms with van der Waals surface area (Å²) in [6.07, 6.45) is 3.68. The summed E-state index contributed by atoms with van der Waals surface area (Å²) in [5.74, 6) is -1.79. The predicted octanol–water partition coefficient (Wildman–Crippen LogP) is 9.79. The van der Waals surface area contributed by atoms with Crippen LogP contribution in [-0.4, -0.2) is 19.9 Å². The molecular formula is C34H19BrF2N4. The Morgan fingerprint density at radius 1 is 0.537 bits per heavy atom. The largest absolute Gasteiger partial charge is 0.360 e. The molecule has 0 aliphatic carbocycles. The molecule has 4 nitrogen and oxygen atoms in total. The highest BCUT2D eigenvalue weighted by atomic mass is 79.9. The molecule has 0 aliphatic heterocycles. The summed E-state index contributed by atoms with van der Waals surface area (Å²) < 4.78 is 29.5. The van der Waals surface area contributed by atoms with Gasteiger partial charge in [-0.25, -0.2) is 18.7 Å². The van der Waals surface area contributed by atoms with Crippen molar-refractivity contribution in [1.29, 1.82) is 0 Å². The van der Waals surface area contributed by atoms with Crippen LogP contribution in [0, 0.1) is 11.6 Å². The topological polar surface area (TPSA) is 57.4 Å². The normalized spacial score (nSPS) is 11.8. The molecule has 0 fully saturated rings. The minimum absolute atomic E-state index is 0.124. The minimum Gasteiger partial charge on any atom is -0.360 e. The maximum atomic E-state index is 14.6. The lowest BCUT2D eigenvalue weighted by Crippen LogP contribution is -1.93. The Labute approximate surface area is 240 Å². The van der Waals surface area contributed by atoms with Crippen molar-refractivity contribution < 1.29 is 8.78 Å². The average Bonchev–Trinajstić information content (AvgIpc) is 3.64. The van der Waals surface area contributed by atoms with Gasteiger partial charge in [0.1, 0.15) is 0 Å². The first-order valence-corrected chi connectivity index (χ1v) is 13.9. The first-order chi connectivity index (χ1) is 20.1. The number of fused-ring (bicyclic) bond motifs is 4. The Balaban J connectivity index is 1.43. The van der Waals surface area contributed by atoms with E-state index in [0.29, 0.717) is 16.6 Å². The lowest BCUT2D eigenvalue weighted by molar-refractivity contribution is 0.515. The van der Waals surface area contributed by atoms with E-state index in [9.17, 15) is 8.78 Å². The molecule has 196 valence electrons. The molecule has 0 aliphatic rings. The number of hydrogen-bond acceptors (Lipinski definition) is 2. The van der Waals surface area contributed by atoms with Crippen LogP contribution in [0.2, 0.25) is 0 Å². The van der Waals surface area contributed by atoms with Crippen LogP contribution in [0.4, 0.5) is 8.78 Å². The number of halogens is 3. The van der Waals surface area contributed by atoms with Gasteiger partial charge in [0.25, 0.3) is 0 Å². The van der Waals surface area contributed by atoms with Gasteiger partial charge in [0.05, 0.1) is 33.5 Å². The molecule has 41 heavy (non-hydrogen) atoms. The van der Waals surface area contributed by atoms with Gasteiger partial charge in [-0.05, 0) is 69.5 Å². The first kappa shape index (κ1) is 24.0. The summed E-state index contributed by atoms with van der Waals surface area (Å²) in [5.41, 5.74) is 8.00. The van der Waals surface area contributed by atoms with Crippen LogP contribution in [0.25, 0.3) is 77.3 Å². The molecule has 0 amide bonds. The predicted molar refractivity (Wildman–Crippen MR) is 165 cm³/mol. The monoisotopic (exact) mass is 600 g/mol. The average molecular weight is 601 g/mol. The Kier molecular flexibility index (Phi) is 5.30. The zero-order valence-corrected chi connectivity index (χ0v) is 22.9. The highest BCUT2D eigenvalue weighted by Crippen LogP contribution is 2.40. The molecule has 8 aromatic rings. The fourth-order valence-corrected chi connectivity index (χ4v) is 6.23. The Morgan fingerprint density at radius 2 is 1.07 bits per heavy atom. The third-order valence-corrected chi connectivity index (χ3v) is 8.35. The first-order valence-electron chi connectivity index (χ1n) is 13.1. The highest BCUT2D eigenvalue weighted by molar-refractivity contribution is 9.10. The number of H-pyrrole nitrogens is 2. The van der Waals surface area contributed by atoms with Gasteiger partial charge in [-0.2, -0.15) is 0 Å². The molecule has 8 rings (SSSR count). The van der Waals surface area contributed by atoms with E-state index in [-0.39, 0.29) is 5.52 Å². The van der Waals surface area contributed by atoms with E-state index in [4.69, 9.17) is 9.97 Å². The maximum Gasteiger partial charge on any atom is 0.182 e. The molecule has 0 atom stereocenters. The number of para-hydroxylation sites is 3. The number of benzene rings is 4. The van der Waals surface area contributed by atoms with Crippen LogP contribution in [0.1, 0.15) is 0 Å². The van der Waals surface area contributed by atoms with Gasteiger partial charge >= 0.3 is 0 Å². The molecule has 0 spiro atoms. The van der Waals surface area contributed by atoms with Gasteiger partial charge in [-0.15, -0.1) is 0 Å². The van der Waals surface area contributed by atoms with Crippen LogP contribution in [-0.2, 0) is 0 Å². The van der Waals surface area contributed by atoms with E-state index >= 15 is 0 Å². The number of nitrogens with one attached hydrogen (secondary N) is 2. The van der Waals surface area contributed by atoms with Crippen molar-refractivity contribution in [3.63, 3.8) is 0 Å². The van der Waals surface area contributed by atoms with E-state index in [1.165, 1.54) is 0 Å². The van der Waals surface area contributed by atoms with Crippen LogP contribution in [0.15, 0.2) is 108 Å². The number of hydrogen-bond donors (Lipinski definition) is 2. The molecule has 4 aromatic carbocycles. The van der Waals surface area contributed by atoms with Crippen molar-refractivity contribution in [3.8, 4) is 33.6 Å². The van der Waals surface area contributed by atoms with Gasteiger partial charge in [0.2, 0.25) is 0 Å². The minimum atomic E-state index is -0.898. The fourth-order valence-electron chi connectivity index (χ4n) is 5.75. The quantitative estimate of drug-likeness (QED) is 0.212. The molecule has 0 saturated carbocycles. The Bertz CT molecular complexity index is 2320. The van der Waals surface area contributed by atoms with Crippen LogP contribution in [0.3, 0.4) is 0 Å². The van der Waals surface area contributed by atoms with Crippen molar-refractivity contribution >= 4 is 59.5 Å². The van der Waals surface area contributed by atoms with E-state index < -0.39 is 11.6 Å². The standard InChI is InChI=1S/C34H19BrF2N4/c35-26-9-5-8-20-24(16-38-33(20)26)30-14-22(18-6-1-3-10-28(18)40-30)23-15-31(41-29-11-4-2-7-19(23)29)25-17-39-34-21(25)12-13-27(36)32(34)37/h1-17,38-39H. The SMILES string of the molecule is Fc1ccc2c(-c3cc(-c4cc(-c5c[nH]c6c(Br)cccc56)nc5ccccc45)c4ccccc4n3)c[nH]c2c1F. The second-order valence-electron chi connectivity index (χ2n) is 10.00. The number of aromatic nitrogens is 4. The fraction of sp³-hybridized carbons (Fsp3) is 0. The second kappa shape index (κ2) is 9.08. The highest BCUT2D eigenvalue weighted by Gasteiger charge is 2.19.